The van der Waals surface area contributed by atoms with E-state index in [9.17, 15) is 0 Å². The maximum absolute atomic E-state index is 4.53. The molecule has 3 heterocycles. The summed E-state index contributed by atoms with van der Waals surface area (Å²) in [6.07, 6.45) is 0. The molecule has 0 spiro atoms. The van der Waals surface area contributed by atoms with Crippen LogP contribution in [0.25, 0.3) is 0 Å². The maximum atomic E-state index is 4.53. The monoisotopic (exact) mass is 447 g/mol. The quantitative estimate of drug-likeness (QED) is 0.227. The van der Waals surface area contributed by atoms with Gasteiger partial charge in [0.15, 0.2) is 5.82 Å². The fourth-order valence-electron chi connectivity index (χ4n) is 2.63. The molecule has 4 aromatic rings. The molecule has 0 amide bonds. The number of para-hydroxylation sites is 1. The summed E-state index contributed by atoms with van der Waals surface area (Å²) < 4.78 is 0. The van der Waals surface area contributed by atoms with Gasteiger partial charge in [-0.2, -0.15) is 42.8 Å². The topological polar surface area (TPSA) is 86.6 Å². The maximum Gasteiger partial charge on any atom is 0.247 e. The molecule has 0 aliphatic rings. The molecule has 3 N–H and O–H groups in total. The molecule has 0 atom stereocenters. The fourth-order valence-corrected chi connectivity index (χ4v) is 4.03. The lowest BCUT2D eigenvalue weighted by atomic mass is 10.2. The van der Waals surface area contributed by atoms with Crippen molar-refractivity contribution in [2.24, 2.45) is 10.2 Å². The van der Waals surface area contributed by atoms with Gasteiger partial charge in [0.05, 0.1) is 11.4 Å². The summed E-state index contributed by atoms with van der Waals surface area (Å²) in [6, 6.07) is 15.7. The number of nitrogens with one attached hydrogen (secondary N) is 3. The second kappa shape index (κ2) is 9.96. The number of anilines is 4. The van der Waals surface area contributed by atoms with E-state index in [1.54, 1.807) is 28.7 Å². The number of hydrazone groups is 2. The highest BCUT2D eigenvalue weighted by molar-refractivity contribution is 7.08. The van der Waals surface area contributed by atoms with E-state index in [-0.39, 0.29) is 0 Å². The minimum absolute atomic E-state index is 0.362. The van der Waals surface area contributed by atoms with Crippen LogP contribution in [0.5, 0.6) is 0 Å². The van der Waals surface area contributed by atoms with Crippen LogP contribution < -0.4 is 16.2 Å². The lowest BCUT2D eigenvalue weighted by molar-refractivity contribution is 1.10. The van der Waals surface area contributed by atoms with Crippen molar-refractivity contribution < 1.29 is 0 Å². The lowest BCUT2D eigenvalue weighted by Crippen LogP contribution is -2.06. The van der Waals surface area contributed by atoms with Crippen molar-refractivity contribution in [2.75, 3.05) is 16.2 Å². The van der Waals surface area contributed by atoms with Crippen molar-refractivity contribution in [3.63, 3.8) is 0 Å². The number of nitrogens with zero attached hydrogens (tertiary/aromatic N) is 4. The Labute approximate surface area is 188 Å². The van der Waals surface area contributed by atoms with Gasteiger partial charge < -0.3 is 5.32 Å². The molecule has 0 aliphatic heterocycles. The first-order valence-electron chi connectivity index (χ1n) is 9.54. The number of aromatic nitrogens is 2. The van der Waals surface area contributed by atoms with Crippen molar-refractivity contribution in [3.05, 3.63) is 81.2 Å². The van der Waals surface area contributed by atoms with Crippen LogP contribution in [-0.4, -0.2) is 21.4 Å². The summed E-state index contributed by atoms with van der Waals surface area (Å²) >= 11 is 3.27. The first-order valence-corrected chi connectivity index (χ1v) is 11.4. The first-order chi connectivity index (χ1) is 15.2. The second-order valence-electron chi connectivity index (χ2n) is 6.60. The predicted molar refractivity (Wildman–Crippen MR) is 132 cm³/mol. The van der Waals surface area contributed by atoms with Crippen LogP contribution in [0, 0.1) is 0 Å². The fraction of sp³-hybridized carbons (Fsp3) is 0.0909. The Morgan fingerprint density at radius 1 is 0.774 bits per heavy atom. The van der Waals surface area contributed by atoms with Gasteiger partial charge >= 0.3 is 0 Å². The van der Waals surface area contributed by atoms with Crippen LogP contribution in [0.3, 0.4) is 0 Å². The van der Waals surface area contributed by atoms with Crippen molar-refractivity contribution in [2.45, 2.75) is 13.8 Å². The van der Waals surface area contributed by atoms with E-state index in [0.717, 1.165) is 28.2 Å². The molecular formula is C22H21N7S2. The number of hydrogen-bond donors (Lipinski definition) is 3. The van der Waals surface area contributed by atoms with Crippen LogP contribution in [-0.2, 0) is 0 Å². The van der Waals surface area contributed by atoms with E-state index in [4.69, 9.17) is 0 Å². The summed E-state index contributed by atoms with van der Waals surface area (Å²) in [5, 5.41) is 20.3. The molecule has 0 unspecified atom stereocenters. The Balaban J connectivity index is 1.58. The summed E-state index contributed by atoms with van der Waals surface area (Å²) in [7, 11) is 0. The summed E-state index contributed by atoms with van der Waals surface area (Å²) in [5.74, 6) is 1.54. The van der Waals surface area contributed by atoms with Gasteiger partial charge in [0, 0.05) is 22.9 Å². The molecular weight excluding hydrogens is 426 g/mol. The smallest absolute Gasteiger partial charge is 0.247 e. The molecule has 0 aliphatic carbocycles. The largest absolute Gasteiger partial charge is 0.340 e. The van der Waals surface area contributed by atoms with Crippen LogP contribution in [0.1, 0.15) is 25.0 Å². The van der Waals surface area contributed by atoms with Crippen molar-refractivity contribution in [1.82, 2.24) is 9.97 Å². The zero-order chi connectivity index (χ0) is 21.5. The number of rotatable bonds is 8. The van der Waals surface area contributed by atoms with Gasteiger partial charge in [-0.3, -0.25) is 5.43 Å². The lowest BCUT2D eigenvalue weighted by Gasteiger charge is -2.10. The SMILES string of the molecule is CC(=NNc1cc(Nc2ccccc2)nc(NN=C(C)c2ccsc2)n1)c1ccsc1. The van der Waals surface area contributed by atoms with Crippen LogP contribution >= 0.6 is 22.7 Å². The van der Waals surface area contributed by atoms with E-state index in [1.165, 1.54) is 0 Å². The van der Waals surface area contributed by atoms with Gasteiger partial charge in [-0.25, -0.2) is 5.43 Å². The molecule has 4 rings (SSSR count). The third kappa shape index (κ3) is 5.74. The molecule has 3 aromatic heterocycles. The number of hydrogen-bond acceptors (Lipinski definition) is 9. The standard InChI is InChI=1S/C22H21N7S2/c1-15(17-8-10-30-13-17)26-28-21-12-20(23-19-6-4-3-5-7-19)24-22(25-21)29-27-16(2)18-9-11-31-14-18/h3-14H,1-2H3,(H3,23,24,25,28,29). The van der Waals surface area contributed by atoms with Crippen molar-refractivity contribution in [1.29, 1.82) is 0 Å². The Bertz CT molecular complexity index is 1100. The predicted octanol–water partition coefficient (Wildman–Crippen LogP) is 6.02. The average molecular weight is 448 g/mol. The third-order valence-corrected chi connectivity index (χ3v) is 5.68. The van der Waals surface area contributed by atoms with Gasteiger partial charge in [-0.05, 0) is 59.6 Å². The van der Waals surface area contributed by atoms with E-state index in [0.29, 0.717) is 17.6 Å². The third-order valence-electron chi connectivity index (χ3n) is 4.31. The Kier molecular flexibility index (Phi) is 6.65. The average Bonchev–Trinajstić information content (AvgIpc) is 3.51. The molecule has 0 saturated carbocycles. The summed E-state index contributed by atoms with van der Waals surface area (Å²) in [6.45, 7) is 3.89. The highest BCUT2D eigenvalue weighted by Crippen LogP contribution is 2.20. The minimum Gasteiger partial charge on any atom is -0.340 e. The van der Waals surface area contributed by atoms with Crippen molar-refractivity contribution in [3.8, 4) is 0 Å². The molecule has 0 saturated heterocycles. The number of thiophene rings is 2. The van der Waals surface area contributed by atoms with E-state index in [1.807, 2.05) is 72.5 Å². The normalized spacial score (nSPS) is 11.9. The molecule has 0 fully saturated rings. The first kappa shape index (κ1) is 20.7. The van der Waals surface area contributed by atoms with E-state index >= 15 is 0 Å². The highest BCUT2D eigenvalue weighted by Gasteiger charge is 2.06. The van der Waals surface area contributed by atoms with Gasteiger partial charge in [0.25, 0.3) is 0 Å². The molecule has 0 bridgehead atoms. The highest BCUT2D eigenvalue weighted by atomic mass is 32.1. The molecule has 1 aromatic carbocycles. The van der Waals surface area contributed by atoms with Gasteiger partial charge in [-0.15, -0.1) is 0 Å². The van der Waals surface area contributed by atoms with Crippen LogP contribution in [0.2, 0.25) is 0 Å². The van der Waals surface area contributed by atoms with Gasteiger partial charge in [0.1, 0.15) is 5.82 Å². The molecule has 156 valence electrons. The second-order valence-corrected chi connectivity index (χ2v) is 8.16. The van der Waals surface area contributed by atoms with Gasteiger partial charge in [-0.1, -0.05) is 18.2 Å². The molecule has 9 heteroatoms. The summed E-state index contributed by atoms with van der Waals surface area (Å²) in [5.41, 5.74) is 10.8. The van der Waals surface area contributed by atoms with Crippen LogP contribution in [0.4, 0.5) is 23.3 Å². The molecule has 0 radical (unpaired) electrons. The van der Waals surface area contributed by atoms with Crippen LogP contribution in [0.15, 0.2) is 80.3 Å². The zero-order valence-electron chi connectivity index (χ0n) is 17.0. The summed E-state index contributed by atoms with van der Waals surface area (Å²) in [4.78, 5) is 9.03. The van der Waals surface area contributed by atoms with Gasteiger partial charge in [0.2, 0.25) is 5.95 Å². The molecule has 31 heavy (non-hydrogen) atoms. The van der Waals surface area contributed by atoms with Crippen molar-refractivity contribution >= 4 is 57.4 Å². The van der Waals surface area contributed by atoms with E-state index in [2.05, 4.69) is 41.7 Å². The number of benzene rings is 1. The minimum atomic E-state index is 0.362. The Hall–Kier alpha value is -3.56. The Morgan fingerprint density at radius 3 is 2.00 bits per heavy atom. The Morgan fingerprint density at radius 2 is 1.39 bits per heavy atom. The van der Waals surface area contributed by atoms with E-state index < -0.39 is 0 Å². The zero-order valence-corrected chi connectivity index (χ0v) is 18.7. The molecule has 7 nitrogen and oxygen atoms in total.